The highest BCUT2D eigenvalue weighted by Crippen LogP contribution is 2.30. The molecular formula is C17H23NO4S. The first-order valence-electron chi connectivity index (χ1n) is 7.67. The molecule has 0 aliphatic heterocycles. The molecule has 0 bridgehead atoms. The highest BCUT2D eigenvalue weighted by atomic mass is 32.2. The molecule has 2 rings (SSSR count). The molecule has 0 saturated carbocycles. The summed E-state index contributed by atoms with van der Waals surface area (Å²) in [6, 6.07) is 3.49. The van der Waals surface area contributed by atoms with Gasteiger partial charge in [0.2, 0.25) is 0 Å². The molecule has 6 heteroatoms. The van der Waals surface area contributed by atoms with Crippen LogP contribution in [0.3, 0.4) is 0 Å². The predicted molar refractivity (Wildman–Crippen MR) is 91.7 cm³/mol. The van der Waals surface area contributed by atoms with E-state index in [0.29, 0.717) is 5.58 Å². The molecule has 0 saturated heterocycles. The molecule has 1 atom stereocenters. The van der Waals surface area contributed by atoms with E-state index < -0.39 is 15.9 Å². The number of hydrogen-bond donors (Lipinski definition) is 1. The molecule has 1 aromatic carbocycles. The van der Waals surface area contributed by atoms with Crippen LogP contribution in [-0.2, 0) is 9.84 Å². The maximum absolute atomic E-state index is 12.4. The number of aryl methyl sites for hydroxylation is 3. The number of benzene rings is 1. The summed E-state index contributed by atoms with van der Waals surface area (Å²) in [6.45, 7) is 9.03. The number of nitrogens with one attached hydrogen (secondary N) is 1. The van der Waals surface area contributed by atoms with Crippen molar-refractivity contribution in [3.05, 3.63) is 34.6 Å². The van der Waals surface area contributed by atoms with Gasteiger partial charge in [-0.15, -0.1) is 0 Å². The lowest BCUT2D eigenvalue weighted by Gasteiger charge is -2.12. The van der Waals surface area contributed by atoms with Crippen LogP contribution < -0.4 is 5.32 Å². The number of furan rings is 1. The Morgan fingerprint density at radius 3 is 2.39 bits per heavy atom. The zero-order chi connectivity index (χ0) is 17.4. The Kier molecular flexibility index (Phi) is 4.84. The summed E-state index contributed by atoms with van der Waals surface area (Å²) >= 11 is 0. The third kappa shape index (κ3) is 3.58. The zero-order valence-corrected chi connectivity index (χ0v) is 15.0. The quantitative estimate of drug-likeness (QED) is 0.910. The molecule has 0 aliphatic carbocycles. The average molecular weight is 337 g/mol. The average Bonchev–Trinajstić information content (AvgIpc) is 2.81. The second kappa shape index (κ2) is 6.35. The molecular weight excluding hydrogens is 314 g/mol. The topological polar surface area (TPSA) is 76.4 Å². The standard InChI is InChI=1S/C17H23NO4S/c1-6-23(20,21)9-12(4)18-17(19)16-13(5)14-10(2)7-8-11(3)15(14)22-16/h7-8,12H,6,9H2,1-5H3,(H,18,19). The number of sulfone groups is 1. The fourth-order valence-corrected chi connectivity index (χ4v) is 3.80. The van der Waals surface area contributed by atoms with Crippen molar-refractivity contribution in [1.82, 2.24) is 5.32 Å². The fraction of sp³-hybridized carbons (Fsp3) is 0.471. The van der Waals surface area contributed by atoms with E-state index in [1.807, 2.05) is 32.9 Å². The van der Waals surface area contributed by atoms with Crippen molar-refractivity contribution in [3.63, 3.8) is 0 Å². The lowest BCUT2D eigenvalue weighted by molar-refractivity contribution is 0.0917. The minimum atomic E-state index is -3.14. The maximum atomic E-state index is 12.4. The Labute approximate surface area is 137 Å². The van der Waals surface area contributed by atoms with Gasteiger partial charge in [-0.05, 0) is 38.8 Å². The number of carbonyl (C=O) groups is 1. The van der Waals surface area contributed by atoms with Crippen LogP contribution in [0.25, 0.3) is 11.0 Å². The van der Waals surface area contributed by atoms with E-state index in [0.717, 1.165) is 22.1 Å². The van der Waals surface area contributed by atoms with E-state index in [9.17, 15) is 13.2 Å². The first kappa shape index (κ1) is 17.5. The van der Waals surface area contributed by atoms with E-state index in [-0.39, 0.29) is 23.2 Å². The summed E-state index contributed by atoms with van der Waals surface area (Å²) in [6.07, 6.45) is 0. The second-order valence-corrected chi connectivity index (χ2v) is 8.43. The van der Waals surface area contributed by atoms with E-state index >= 15 is 0 Å². The Morgan fingerprint density at radius 2 is 1.83 bits per heavy atom. The van der Waals surface area contributed by atoms with Crippen molar-refractivity contribution in [3.8, 4) is 0 Å². The molecule has 0 aliphatic rings. The molecule has 23 heavy (non-hydrogen) atoms. The van der Waals surface area contributed by atoms with Crippen LogP contribution in [0, 0.1) is 20.8 Å². The van der Waals surface area contributed by atoms with Gasteiger partial charge < -0.3 is 9.73 Å². The summed E-state index contributed by atoms with van der Waals surface area (Å²) < 4.78 is 29.1. The van der Waals surface area contributed by atoms with Gasteiger partial charge in [0.1, 0.15) is 5.58 Å². The fourth-order valence-electron chi connectivity index (χ4n) is 2.72. The zero-order valence-electron chi connectivity index (χ0n) is 14.2. The van der Waals surface area contributed by atoms with Gasteiger partial charge in [-0.25, -0.2) is 8.42 Å². The van der Waals surface area contributed by atoms with Gasteiger partial charge in [-0.2, -0.15) is 0 Å². The van der Waals surface area contributed by atoms with Crippen molar-refractivity contribution in [2.24, 2.45) is 0 Å². The molecule has 5 nitrogen and oxygen atoms in total. The van der Waals surface area contributed by atoms with E-state index in [1.165, 1.54) is 0 Å². The number of amides is 1. The molecule has 1 heterocycles. The lowest BCUT2D eigenvalue weighted by atomic mass is 10.0. The van der Waals surface area contributed by atoms with Crippen LogP contribution in [-0.4, -0.2) is 31.9 Å². The SMILES string of the molecule is CCS(=O)(=O)CC(C)NC(=O)c1oc2c(C)ccc(C)c2c1C. The van der Waals surface area contributed by atoms with Gasteiger partial charge >= 0.3 is 0 Å². The number of carbonyl (C=O) groups excluding carboxylic acids is 1. The van der Waals surface area contributed by atoms with Crippen LogP contribution in [0.4, 0.5) is 0 Å². The molecule has 0 fully saturated rings. The second-order valence-electron chi connectivity index (χ2n) is 6.03. The Morgan fingerprint density at radius 1 is 1.22 bits per heavy atom. The van der Waals surface area contributed by atoms with Crippen LogP contribution >= 0.6 is 0 Å². The van der Waals surface area contributed by atoms with Crippen molar-refractivity contribution in [1.29, 1.82) is 0 Å². The summed E-state index contributed by atoms with van der Waals surface area (Å²) in [7, 11) is -3.14. The molecule has 0 spiro atoms. The third-order valence-electron chi connectivity index (χ3n) is 4.01. The van der Waals surface area contributed by atoms with Gasteiger partial charge in [0.25, 0.3) is 5.91 Å². The smallest absolute Gasteiger partial charge is 0.287 e. The van der Waals surface area contributed by atoms with Crippen molar-refractivity contribution in [2.75, 3.05) is 11.5 Å². The first-order valence-corrected chi connectivity index (χ1v) is 9.49. The molecule has 1 N–H and O–H groups in total. The number of fused-ring (bicyclic) bond motifs is 1. The lowest BCUT2D eigenvalue weighted by Crippen LogP contribution is -2.38. The largest absolute Gasteiger partial charge is 0.450 e. The van der Waals surface area contributed by atoms with Crippen LogP contribution in [0.2, 0.25) is 0 Å². The number of rotatable bonds is 5. The molecule has 126 valence electrons. The maximum Gasteiger partial charge on any atom is 0.287 e. The van der Waals surface area contributed by atoms with Crippen LogP contribution in [0.5, 0.6) is 0 Å². The molecule has 1 unspecified atom stereocenters. The summed E-state index contributed by atoms with van der Waals surface area (Å²) in [5, 5.41) is 3.66. The summed E-state index contributed by atoms with van der Waals surface area (Å²) in [5.74, 6) is -0.142. The summed E-state index contributed by atoms with van der Waals surface area (Å²) in [5.41, 5.74) is 3.51. The summed E-state index contributed by atoms with van der Waals surface area (Å²) in [4.78, 5) is 12.4. The third-order valence-corrected chi connectivity index (χ3v) is 5.90. The van der Waals surface area contributed by atoms with Crippen molar-refractivity contribution >= 4 is 26.7 Å². The van der Waals surface area contributed by atoms with Gasteiger partial charge in [0.05, 0.1) is 5.75 Å². The Bertz CT molecular complexity index is 849. The normalized spacial score (nSPS) is 13.3. The van der Waals surface area contributed by atoms with Crippen molar-refractivity contribution in [2.45, 2.75) is 40.7 Å². The molecule has 0 radical (unpaired) electrons. The highest BCUT2D eigenvalue weighted by molar-refractivity contribution is 7.91. The minimum absolute atomic E-state index is 0.0647. The van der Waals surface area contributed by atoms with Crippen LogP contribution in [0.1, 0.15) is 41.1 Å². The van der Waals surface area contributed by atoms with E-state index in [4.69, 9.17) is 4.42 Å². The Balaban J connectivity index is 2.30. The van der Waals surface area contributed by atoms with Gasteiger partial charge in [0, 0.05) is 22.7 Å². The molecule has 1 amide bonds. The van der Waals surface area contributed by atoms with Crippen LogP contribution in [0.15, 0.2) is 16.5 Å². The highest BCUT2D eigenvalue weighted by Gasteiger charge is 2.22. The van der Waals surface area contributed by atoms with Gasteiger partial charge in [-0.3, -0.25) is 4.79 Å². The molecule has 2 aromatic rings. The minimum Gasteiger partial charge on any atom is -0.450 e. The first-order chi connectivity index (χ1) is 10.7. The van der Waals surface area contributed by atoms with E-state index in [2.05, 4.69) is 5.32 Å². The monoisotopic (exact) mass is 337 g/mol. The molecule has 1 aromatic heterocycles. The van der Waals surface area contributed by atoms with E-state index in [1.54, 1.807) is 13.8 Å². The van der Waals surface area contributed by atoms with Crippen molar-refractivity contribution < 1.29 is 17.6 Å². The number of hydrogen-bond acceptors (Lipinski definition) is 4. The predicted octanol–water partition coefficient (Wildman–Crippen LogP) is 2.91. The Hall–Kier alpha value is -1.82. The van der Waals surface area contributed by atoms with Gasteiger partial charge in [-0.1, -0.05) is 19.1 Å². The van der Waals surface area contributed by atoms with Gasteiger partial charge in [0.15, 0.2) is 15.6 Å².